The predicted molar refractivity (Wildman–Crippen MR) is 75.1 cm³/mol. The first kappa shape index (κ1) is 12.3. The van der Waals surface area contributed by atoms with Crippen molar-refractivity contribution < 1.29 is 0 Å². The Morgan fingerprint density at radius 2 is 2.16 bits per heavy atom. The lowest BCUT2D eigenvalue weighted by molar-refractivity contribution is 0.214. The minimum atomic E-state index is 0.227. The van der Waals surface area contributed by atoms with Crippen LogP contribution in [0.2, 0.25) is 0 Å². The lowest BCUT2D eigenvalue weighted by Gasteiger charge is -2.42. The fourth-order valence-corrected chi connectivity index (χ4v) is 2.61. The summed E-state index contributed by atoms with van der Waals surface area (Å²) in [6.07, 6.45) is 7.15. The Bertz CT molecular complexity index is 566. The molecule has 0 radical (unpaired) electrons. The Labute approximate surface area is 112 Å². The smallest absolute Gasteiger partial charge is 0.165 e. The van der Waals surface area contributed by atoms with E-state index in [9.17, 15) is 0 Å². The lowest BCUT2D eigenvalue weighted by Crippen LogP contribution is -2.54. The van der Waals surface area contributed by atoms with E-state index in [2.05, 4.69) is 32.5 Å². The highest BCUT2D eigenvalue weighted by atomic mass is 15.2. The highest BCUT2D eigenvalue weighted by molar-refractivity contribution is 5.82. The van der Waals surface area contributed by atoms with Crippen molar-refractivity contribution in [2.45, 2.75) is 38.3 Å². The second-order valence-corrected chi connectivity index (χ2v) is 5.16. The molecule has 1 fully saturated rings. The van der Waals surface area contributed by atoms with Crippen molar-refractivity contribution in [1.29, 1.82) is 0 Å². The van der Waals surface area contributed by atoms with Gasteiger partial charge in [0.15, 0.2) is 11.5 Å². The molecule has 102 valence electrons. The van der Waals surface area contributed by atoms with Gasteiger partial charge >= 0.3 is 0 Å². The molecule has 1 aliphatic carbocycles. The highest BCUT2D eigenvalue weighted by Gasteiger charge is 2.35. The van der Waals surface area contributed by atoms with Crippen LogP contribution in [0.4, 0.5) is 5.82 Å². The van der Waals surface area contributed by atoms with Crippen LogP contribution >= 0.6 is 0 Å². The zero-order chi connectivity index (χ0) is 13.3. The zero-order valence-electron chi connectivity index (χ0n) is 11.5. The Balaban J connectivity index is 1.83. The van der Waals surface area contributed by atoms with E-state index in [0.717, 1.165) is 30.1 Å². The molecule has 2 aromatic rings. The maximum atomic E-state index is 4.41. The van der Waals surface area contributed by atoms with Gasteiger partial charge < -0.3 is 15.2 Å². The number of aryl methyl sites for hydroxylation is 1. The van der Waals surface area contributed by atoms with Crippen LogP contribution in [0, 0.1) is 0 Å². The summed E-state index contributed by atoms with van der Waals surface area (Å²) in [6, 6.07) is 0. The second-order valence-electron chi connectivity index (χ2n) is 5.16. The first-order valence-corrected chi connectivity index (χ1v) is 6.86. The van der Waals surface area contributed by atoms with Crippen LogP contribution in [0.5, 0.6) is 0 Å². The van der Waals surface area contributed by atoms with Crippen LogP contribution in [0.25, 0.3) is 11.2 Å². The van der Waals surface area contributed by atoms with Gasteiger partial charge in [0.05, 0.1) is 6.33 Å². The largest absolute Gasteiger partial charge is 0.366 e. The van der Waals surface area contributed by atoms with E-state index in [1.165, 1.54) is 19.3 Å². The number of imidazole rings is 1. The number of aromatic nitrogens is 4. The van der Waals surface area contributed by atoms with E-state index in [1.54, 1.807) is 6.33 Å². The molecule has 6 nitrogen and oxygen atoms in total. The fraction of sp³-hybridized carbons (Fsp3) is 0.615. The van der Waals surface area contributed by atoms with E-state index in [4.69, 9.17) is 0 Å². The van der Waals surface area contributed by atoms with Crippen molar-refractivity contribution in [3.05, 3.63) is 12.7 Å². The molecule has 0 atom stereocenters. The summed E-state index contributed by atoms with van der Waals surface area (Å²) < 4.78 is 2.03. The monoisotopic (exact) mass is 260 g/mol. The molecule has 2 aromatic heterocycles. The third-order valence-corrected chi connectivity index (χ3v) is 4.18. The molecular weight excluding hydrogens is 240 g/mol. The van der Waals surface area contributed by atoms with Gasteiger partial charge in [-0.2, -0.15) is 0 Å². The molecule has 0 unspecified atom stereocenters. The lowest BCUT2D eigenvalue weighted by atomic mass is 9.77. The van der Waals surface area contributed by atoms with Gasteiger partial charge in [0.25, 0.3) is 0 Å². The molecule has 0 spiro atoms. The van der Waals surface area contributed by atoms with Crippen LogP contribution in [-0.4, -0.2) is 38.7 Å². The summed E-state index contributed by atoms with van der Waals surface area (Å²) in [4.78, 5) is 13.0. The zero-order valence-corrected chi connectivity index (χ0v) is 11.5. The van der Waals surface area contributed by atoms with Crippen LogP contribution in [0.15, 0.2) is 12.7 Å². The summed E-state index contributed by atoms with van der Waals surface area (Å²) in [5, 5.41) is 6.85. The molecule has 0 aromatic carbocycles. The normalized spacial score (nSPS) is 17.4. The van der Waals surface area contributed by atoms with Crippen molar-refractivity contribution in [2.24, 2.45) is 0 Å². The second kappa shape index (κ2) is 4.77. The minimum Gasteiger partial charge on any atom is -0.366 e. The summed E-state index contributed by atoms with van der Waals surface area (Å²) in [5.41, 5.74) is 1.98. The van der Waals surface area contributed by atoms with Crippen LogP contribution in [0.1, 0.15) is 26.2 Å². The molecule has 0 saturated heterocycles. The SMILES string of the molecule is CCn1cnc2c(NCC3(NC)CCC3)ncnc21. The van der Waals surface area contributed by atoms with E-state index < -0.39 is 0 Å². The van der Waals surface area contributed by atoms with Crippen molar-refractivity contribution >= 4 is 17.0 Å². The van der Waals surface area contributed by atoms with Gasteiger partial charge in [0.2, 0.25) is 0 Å². The Hall–Kier alpha value is -1.69. The van der Waals surface area contributed by atoms with Gasteiger partial charge in [-0.05, 0) is 33.2 Å². The molecule has 0 aliphatic heterocycles. The molecule has 1 saturated carbocycles. The van der Waals surface area contributed by atoms with Gasteiger partial charge in [-0.15, -0.1) is 0 Å². The molecule has 2 heterocycles. The fourth-order valence-electron chi connectivity index (χ4n) is 2.61. The Morgan fingerprint density at radius 1 is 1.32 bits per heavy atom. The third kappa shape index (κ3) is 2.06. The van der Waals surface area contributed by atoms with Crippen LogP contribution in [-0.2, 0) is 6.54 Å². The van der Waals surface area contributed by atoms with Gasteiger partial charge in [0.1, 0.15) is 11.8 Å². The van der Waals surface area contributed by atoms with Crippen molar-refractivity contribution in [3.63, 3.8) is 0 Å². The molecule has 1 aliphatic rings. The van der Waals surface area contributed by atoms with Crippen molar-refractivity contribution in [3.8, 4) is 0 Å². The van der Waals surface area contributed by atoms with Crippen molar-refractivity contribution in [1.82, 2.24) is 24.8 Å². The molecule has 2 N–H and O–H groups in total. The van der Waals surface area contributed by atoms with Gasteiger partial charge in [0, 0.05) is 18.6 Å². The highest BCUT2D eigenvalue weighted by Crippen LogP contribution is 2.31. The number of rotatable bonds is 5. The number of nitrogens with zero attached hydrogens (tertiary/aromatic N) is 4. The number of nitrogens with one attached hydrogen (secondary N) is 2. The maximum absolute atomic E-state index is 4.41. The van der Waals surface area contributed by atoms with E-state index >= 15 is 0 Å². The van der Waals surface area contributed by atoms with Crippen LogP contribution < -0.4 is 10.6 Å². The quantitative estimate of drug-likeness (QED) is 0.850. The standard InChI is InChI=1S/C13H20N6/c1-3-19-9-18-10-11(16-8-17-12(10)19)15-7-13(14-2)5-4-6-13/h8-9,14H,3-7H2,1-2H3,(H,15,16,17). The van der Waals surface area contributed by atoms with E-state index in [1.807, 2.05) is 17.9 Å². The summed E-state index contributed by atoms with van der Waals surface area (Å²) in [7, 11) is 2.03. The first-order chi connectivity index (χ1) is 9.28. The van der Waals surface area contributed by atoms with Crippen LogP contribution in [0.3, 0.4) is 0 Å². The third-order valence-electron chi connectivity index (χ3n) is 4.18. The average Bonchev–Trinajstić information content (AvgIpc) is 2.81. The van der Waals surface area contributed by atoms with Gasteiger partial charge in [-0.3, -0.25) is 0 Å². The topological polar surface area (TPSA) is 67.7 Å². The molecule has 0 amide bonds. The maximum Gasteiger partial charge on any atom is 0.165 e. The Morgan fingerprint density at radius 3 is 2.79 bits per heavy atom. The molecule has 0 bridgehead atoms. The molecular formula is C13H20N6. The van der Waals surface area contributed by atoms with Gasteiger partial charge in [-0.25, -0.2) is 15.0 Å². The number of hydrogen-bond acceptors (Lipinski definition) is 5. The molecule has 19 heavy (non-hydrogen) atoms. The van der Waals surface area contributed by atoms with Crippen molar-refractivity contribution in [2.75, 3.05) is 18.9 Å². The average molecular weight is 260 g/mol. The Kier molecular flexibility index (Phi) is 3.10. The molecule has 6 heteroatoms. The van der Waals surface area contributed by atoms with Gasteiger partial charge in [-0.1, -0.05) is 0 Å². The summed E-state index contributed by atoms with van der Waals surface area (Å²) in [5.74, 6) is 0.832. The number of hydrogen-bond donors (Lipinski definition) is 2. The minimum absolute atomic E-state index is 0.227. The molecule has 3 rings (SSSR count). The van der Waals surface area contributed by atoms with E-state index in [-0.39, 0.29) is 5.54 Å². The first-order valence-electron chi connectivity index (χ1n) is 6.86. The van der Waals surface area contributed by atoms with E-state index in [0.29, 0.717) is 0 Å². The summed E-state index contributed by atoms with van der Waals surface area (Å²) >= 11 is 0. The number of anilines is 1. The number of fused-ring (bicyclic) bond motifs is 1. The summed E-state index contributed by atoms with van der Waals surface area (Å²) in [6.45, 7) is 3.84. The predicted octanol–water partition coefficient (Wildman–Crippen LogP) is 1.40. The number of likely N-dealkylation sites (N-methyl/N-ethyl adjacent to an activating group) is 1.